The van der Waals surface area contributed by atoms with E-state index in [0.29, 0.717) is 0 Å². The Morgan fingerprint density at radius 3 is 1.92 bits per heavy atom. The SMILES string of the molecule is BrC1=Cc2c3c(ccc2=C1)=CC=CC3(c1ccccc1)c1ccccc1. The van der Waals surface area contributed by atoms with Crippen LogP contribution in [0.5, 0.6) is 0 Å². The summed E-state index contributed by atoms with van der Waals surface area (Å²) >= 11 is 3.67. The number of fused-ring (bicyclic) bond motifs is 3. The van der Waals surface area contributed by atoms with Crippen molar-refractivity contribution < 1.29 is 0 Å². The second-order valence-electron chi connectivity index (χ2n) is 6.77. The number of rotatable bonds is 2. The van der Waals surface area contributed by atoms with Gasteiger partial charge in [-0.2, -0.15) is 0 Å². The molecule has 0 fully saturated rings. The summed E-state index contributed by atoms with van der Waals surface area (Å²) < 4.78 is 1.13. The number of allylic oxidation sites excluding steroid dienone is 3. The maximum Gasteiger partial charge on any atom is 0.0647 e. The molecule has 2 aliphatic rings. The van der Waals surface area contributed by atoms with Gasteiger partial charge in [-0.3, -0.25) is 0 Å². The maximum absolute atomic E-state index is 3.67. The van der Waals surface area contributed by atoms with Crippen molar-refractivity contribution in [2.75, 3.05) is 0 Å². The summed E-state index contributed by atoms with van der Waals surface area (Å²) in [6, 6.07) is 26.1. The summed E-state index contributed by atoms with van der Waals surface area (Å²) in [5.74, 6) is 0. The van der Waals surface area contributed by atoms with Crippen LogP contribution >= 0.6 is 15.9 Å². The van der Waals surface area contributed by atoms with Gasteiger partial charge in [-0.1, -0.05) is 107 Å². The highest BCUT2D eigenvalue weighted by Gasteiger charge is 2.37. The second-order valence-corrected chi connectivity index (χ2v) is 7.69. The molecule has 0 aliphatic heterocycles. The van der Waals surface area contributed by atoms with E-state index in [1.54, 1.807) is 0 Å². The van der Waals surface area contributed by atoms with Crippen LogP contribution in [-0.4, -0.2) is 0 Å². The monoisotopic (exact) mass is 396 g/mol. The van der Waals surface area contributed by atoms with E-state index in [1.807, 2.05) is 0 Å². The molecular formula is C25H17Br. The van der Waals surface area contributed by atoms with E-state index in [-0.39, 0.29) is 5.41 Å². The number of benzene rings is 3. The Labute approximate surface area is 161 Å². The van der Waals surface area contributed by atoms with Crippen molar-refractivity contribution in [1.29, 1.82) is 0 Å². The van der Waals surface area contributed by atoms with E-state index in [0.717, 1.165) is 4.48 Å². The molecule has 124 valence electrons. The molecule has 0 amide bonds. The highest BCUT2D eigenvalue weighted by molar-refractivity contribution is 9.12. The van der Waals surface area contributed by atoms with Gasteiger partial charge in [0.15, 0.2) is 0 Å². The fourth-order valence-corrected chi connectivity index (χ4v) is 4.75. The molecule has 0 aromatic heterocycles. The van der Waals surface area contributed by atoms with Gasteiger partial charge in [-0.15, -0.1) is 0 Å². The molecule has 3 aromatic rings. The lowest BCUT2D eigenvalue weighted by Crippen LogP contribution is -2.37. The summed E-state index contributed by atoms with van der Waals surface area (Å²) in [5, 5.41) is 2.56. The minimum atomic E-state index is -0.292. The Kier molecular flexibility index (Phi) is 3.58. The largest absolute Gasteiger partial charge is 0.0652 e. The molecule has 0 heterocycles. The highest BCUT2D eigenvalue weighted by atomic mass is 79.9. The van der Waals surface area contributed by atoms with Crippen LogP contribution in [0.1, 0.15) is 22.3 Å². The standard InChI is InChI=1S/C25H17Br/c26-22-16-19-14-13-18-8-7-15-25(24(18)23(19)17-22,20-9-3-1-4-10-20)21-11-5-2-6-12-21/h1-17H. The predicted octanol–water partition coefficient (Wildman–Crippen LogP) is 4.90. The zero-order valence-corrected chi connectivity index (χ0v) is 15.8. The molecule has 0 nitrogen and oxygen atoms in total. The molecule has 0 saturated heterocycles. The van der Waals surface area contributed by atoms with Crippen molar-refractivity contribution in [2.24, 2.45) is 0 Å². The van der Waals surface area contributed by atoms with Gasteiger partial charge in [0.25, 0.3) is 0 Å². The van der Waals surface area contributed by atoms with Crippen LogP contribution in [0.15, 0.2) is 89.4 Å². The third-order valence-corrected chi connectivity index (χ3v) is 5.82. The van der Waals surface area contributed by atoms with Crippen molar-refractivity contribution in [3.8, 4) is 0 Å². The zero-order chi connectivity index (χ0) is 17.6. The van der Waals surface area contributed by atoms with E-state index < -0.39 is 0 Å². The molecule has 0 radical (unpaired) electrons. The smallest absolute Gasteiger partial charge is 0.0647 e. The lowest BCUT2D eigenvalue weighted by Gasteiger charge is -2.36. The molecular weight excluding hydrogens is 380 g/mol. The van der Waals surface area contributed by atoms with Gasteiger partial charge < -0.3 is 0 Å². The van der Waals surface area contributed by atoms with E-state index in [1.165, 1.54) is 32.7 Å². The van der Waals surface area contributed by atoms with Crippen molar-refractivity contribution in [1.82, 2.24) is 0 Å². The Morgan fingerprint density at radius 1 is 0.654 bits per heavy atom. The van der Waals surface area contributed by atoms with Crippen molar-refractivity contribution >= 4 is 34.2 Å². The van der Waals surface area contributed by atoms with Gasteiger partial charge in [0.1, 0.15) is 0 Å². The van der Waals surface area contributed by atoms with Crippen LogP contribution in [-0.2, 0) is 5.41 Å². The first kappa shape index (κ1) is 15.6. The van der Waals surface area contributed by atoms with E-state index in [2.05, 4.69) is 119 Å². The molecule has 0 bridgehead atoms. The summed E-state index contributed by atoms with van der Waals surface area (Å²) in [6.45, 7) is 0. The average Bonchev–Trinajstić information content (AvgIpc) is 3.09. The number of hydrogen-bond acceptors (Lipinski definition) is 0. The minimum Gasteiger partial charge on any atom is -0.0652 e. The van der Waals surface area contributed by atoms with Crippen LogP contribution in [0.3, 0.4) is 0 Å². The first-order valence-corrected chi connectivity index (χ1v) is 9.61. The van der Waals surface area contributed by atoms with Gasteiger partial charge in [0.05, 0.1) is 5.41 Å². The number of halogens is 1. The molecule has 0 spiro atoms. The summed E-state index contributed by atoms with van der Waals surface area (Å²) in [6.07, 6.45) is 11.2. The van der Waals surface area contributed by atoms with Gasteiger partial charge in [0.2, 0.25) is 0 Å². The number of hydrogen-bond donors (Lipinski definition) is 0. The summed E-state index contributed by atoms with van der Waals surface area (Å²) in [5.41, 5.74) is 4.96. The minimum absolute atomic E-state index is 0.292. The molecule has 26 heavy (non-hydrogen) atoms. The maximum atomic E-state index is 3.67. The fourth-order valence-electron chi connectivity index (χ4n) is 4.27. The molecule has 0 saturated carbocycles. The molecule has 1 heteroatoms. The fraction of sp³-hybridized carbons (Fsp3) is 0.0400. The van der Waals surface area contributed by atoms with Crippen LogP contribution in [0.25, 0.3) is 18.2 Å². The lowest BCUT2D eigenvalue weighted by atomic mass is 9.66. The third kappa shape index (κ3) is 2.21. The van der Waals surface area contributed by atoms with Gasteiger partial charge in [-0.05, 0) is 44.8 Å². The van der Waals surface area contributed by atoms with E-state index in [9.17, 15) is 0 Å². The van der Waals surface area contributed by atoms with Crippen LogP contribution < -0.4 is 10.4 Å². The Morgan fingerprint density at radius 2 is 1.27 bits per heavy atom. The van der Waals surface area contributed by atoms with E-state index in [4.69, 9.17) is 0 Å². The van der Waals surface area contributed by atoms with E-state index >= 15 is 0 Å². The molecule has 2 aliphatic carbocycles. The van der Waals surface area contributed by atoms with Crippen molar-refractivity contribution in [3.63, 3.8) is 0 Å². The third-order valence-electron chi connectivity index (χ3n) is 5.36. The van der Waals surface area contributed by atoms with Crippen molar-refractivity contribution in [2.45, 2.75) is 5.41 Å². The highest BCUT2D eigenvalue weighted by Crippen LogP contribution is 2.42. The Balaban J connectivity index is 1.95. The summed E-state index contributed by atoms with van der Waals surface area (Å²) in [7, 11) is 0. The van der Waals surface area contributed by atoms with Crippen molar-refractivity contribution in [3.05, 3.63) is 122 Å². The molecule has 5 rings (SSSR count). The topological polar surface area (TPSA) is 0 Å². The van der Waals surface area contributed by atoms with Crippen LogP contribution in [0, 0.1) is 0 Å². The predicted molar refractivity (Wildman–Crippen MR) is 113 cm³/mol. The first-order valence-electron chi connectivity index (χ1n) is 8.82. The normalized spacial score (nSPS) is 16.1. The molecule has 0 N–H and O–H groups in total. The van der Waals surface area contributed by atoms with Crippen LogP contribution in [0.2, 0.25) is 0 Å². The quantitative estimate of drug-likeness (QED) is 0.577. The lowest BCUT2D eigenvalue weighted by molar-refractivity contribution is 0.765. The Hall–Kier alpha value is -2.64. The van der Waals surface area contributed by atoms with Crippen LogP contribution in [0.4, 0.5) is 0 Å². The first-order chi connectivity index (χ1) is 12.8. The molecule has 0 atom stereocenters. The Bertz CT molecular complexity index is 1130. The second kappa shape index (κ2) is 5.96. The van der Waals surface area contributed by atoms with Gasteiger partial charge >= 0.3 is 0 Å². The van der Waals surface area contributed by atoms with Gasteiger partial charge in [-0.25, -0.2) is 0 Å². The molecule has 3 aromatic carbocycles. The zero-order valence-electron chi connectivity index (χ0n) is 14.2. The summed E-state index contributed by atoms with van der Waals surface area (Å²) in [4.78, 5) is 0. The van der Waals surface area contributed by atoms with Gasteiger partial charge in [0, 0.05) is 4.48 Å². The molecule has 0 unspecified atom stereocenters. The average molecular weight is 397 g/mol.